The van der Waals surface area contributed by atoms with E-state index in [4.69, 9.17) is 4.74 Å². The van der Waals surface area contributed by atoms with E-state index in [-0.39, 0.29) is 16.8 Å². The number of hydrogen-bond donors (Lipinski definition) is 1. The number of nitrogens with zero attached hydrogens (tertiary/aromatic N) is 1. The zero-order valence-electron chi connectivity index (χ0n) is 10.4. The van der Waals surface area contributed by atoms with Crippen LogP contribution in [0.3, 0.4) is 0 Å². The number of anilines is 1. The molecule has 1 N–H and O–H groups in total. The van der Waals surface area contributed by atoms with Crippen molar-refractivity contribution in [2.75, 3.05) is 24.2 Å². The molecule has 5 nitrogen and oxygen atoms in total. The molecule has 1 aromatic heterocycles. The van der Waals surface area contributed by atoms with Crippen LogP contribution in [0.1, 0.15) is 19.8 Å². The van der Waals surface area contributed by atoms with Gasteiger partial charge in [0.2, 0.25) is 0 Å². The Balaban J connectivity index is 2.03. The lowest BCUT2D eigenvalue weighted by Gasteiger charge is -2.12. The van der Waals surface area contributed by atoms with E-state index in [1.165, 1.54) is 6.20 Å². The average Bonchev–Trinajstić information content (AvgIpc) is 2.90. The van der Waals surface area contributed by atoms with Crippen molar-refractivity contribution in [3.8, 4) is 0 Å². The first-order valence-electron chi connectivity index (χ1n) is 6.15. The Labute approximate surface area is 107 Å². The molecule has 1 aliphatic rings. The Kier molecular flexibility index (Phi) is 4.19. The van der Waals surface area contributed by atoms with Crippen LogP contribution < -0.4 is 5.32 Å². The van der Waals surface area contributed by atoms with Crippen molar-refractivity contribution in [2.24, 2.45) is 0 Å². The van der Waals surface area contributed by atoms with Gasteiger partial charge in [0.1, 0.15) is 0 Å². The molecule has 1 saturated heterocycles. The van der Waals surface area contributed by atoms with Crippen molar-refractivity contribution >= 4 is 15.5 Å². The van der Waals surface area contributed by atoms with Gasteiger partial charge in [0.05, 0.1) is 28.6 Å². The van der Waals surface area contributed by atoms with Crippen molar-refractivity contribution in [1.29, 1.82) is 0 Å². The highest BCUT2D eigenvalue weighted by atomic mass is 32.2. The first-order valence-corrected chi connectivity index (χ1v) is 7.80. The third kappa shape index (κ3) is 3.20. The normalized spacial score (nSPS) is 19.9. The number of rotatable bonds is 5. The highest BCUT2D eigenvalue weighted by molar-refractivity contribution is 7.91. The Bertz CT molecular complexity index is 496. The molecule has 2 rings (SSSR count). The van der Waals surface area contributed by atoms with Crippen LogP contribution in [-0.4, -0.2) is 38.4 Å². The minimum atomic E-state index is -3.19. The molecule has 0 amide bonds. The molecule has 6 heteroatoms. The summed E-state index contributed by atoms with van der Waals surface area (Å²) in [6.45, 7) is 3.13. The van der Waals surface area contributed by atoms with E-state index in [1.807, 2.05) is 0 Å². The van der Waals surface area contributed by atoms with Gasteiger partial charge >= 0.3 is 0 Å². The lowest BCUT2D eigenvalue weighted by Crippen LogP contribution is -2.18. The summed E-state index contributed by atoms with van der Waals surface area (Å²) in [4.78, 5) is 4.23. The fraction of sp³-hybridized carbons (Fsp3) is 0.583. The van der Waals surface area contributed by atoms with Crippen LogP contribution in [0.4, 0.5) is 5.69 Å². The fourth-order valence-corrected chi connectivity index (χ4v) is 2.75. The number of aromatic nitrogens is 1. The molecular weight excluding hydrogens is 252 g/mol. The molecule has 0 spiro atoms. The maximum Gasteiger partial charge on any atom is 0.179 e. The molecule has 1 aromatic rings. The molecule has 0 aromatic carbocycles. The highest BCUT2D eigenvalue weighted by Gasteiger charge is 2.16. The van der Waals surface area contributed by atoms with Crippen LogP contribution in [0.25, 0.3) is 0 Å². The van der Waals surface area contributed by atoms with Crippen LogP contribution >= 0.6 is 0 Å². The molecule has 2 heterocycles. The second kappa shape index (κ2) is 5.67. The first kappa shape index (κ1) is 13.3. The molecule has 100 valence electrons. The van der Waals surface area contributed by atoms with Gasteiger partial charge in [-0.05, 0) is 18.9 Å². The lowest BCUT2D eigenvalue weighted by atomic mass is 10.2. The zero-order valence-corrected chi connectivity index (χ0v) is 11.2. The summed E-state index contributed by atoms with van der Waals surface area (Å²) in [5.41, 5.74) is 0.722. The highest BCUT2D eigenvalue weighted by Crippen LogP contribution is 2.17. The third-order valence-electron chi connectivity index (χ3n) is 3.01. The molecule has 0 bridgehead atoms. The van der Waals surface area contributed by atoms with Crippen LogP contribution in [0.2, 0.25) is 0 Å². The predicted molar refractivity (Wildman–Crippen MR) is 69.4 cm³/mol. The van der Waals surface area contributed by atoms with Crippen LogP contribution in [0, 0.1) is 0 Å². The maximum atomic E-state index is 11.7. The van der Waals surface area contributed by atoms with E-state index in [1.54, 1.807) is 19.2 Å². The second-order valence-electron chi connectivity index (χ2n) is 4.33. The zero-order chi connectivity index (χ0) is 13.0. The van der Waals surface area contributed by atoms with E-state index in [9.17, 15) is 8.42 Å². The van der Waals surface area contributed by atoms with Crippen LogP contribution in [-0.2, 0) is 14.6 Å². The quantitative estimate of drug-likeness (QED) is 0.877. The number of nitrogens with one attached hydrogen (secondary N) is 1. The van der Waals surface area contributed by atoms with Gasteiger partial charge in [-0.3, -0.25) is 4.98 Å². The van der Waals surface area contributed by atoms with Gasteiger partial charge in [0.25, 0.3) is 0 Å². The van der Waals surface area contributed by atoms with Crippen LogP contribution in [0.15, 0.2) is 23.4 Å². The number of hydrogen-bond acceptors (Lipinski definition) is 5. The van der Waals surface area contributed by atoms with Gasteiger partial charge < -0.3 is 10.1 Å². The summed E-state index contributed by atoms with van der Waals surface area (Å²) >= 11 is 0. The van der Waals surface area contributed by atoms with E-state index < -0.39 is 9.84 Å². The molecule has 0 aliphatic carbocycles. The summed E-state index contributed by atoms with van der Waals surface area (Å²) < 4.78 is 28.9. The summed E-state index contributed by atoms with van der Waals surface area (Å²) in [5, 5.41) is 3.17. The topological polar surface area (TPSA) is 68.3 Å². The Morgan fingerprint density at radius 1 is 1.50 bits per heavy atom. The Morgan fingerprint density at radius 3 is 3.00 bits per heavy atom. The van der Waals surface area contributed by atoms with Crippen molar-refractivity contribution in [3.05, 3.63) is 18.5 Å². The smallest absolute Gasteiger partial charge is 0.179 e. The summed E-state index contributed by atoms with van der Waals surface area (Å²) in [6.07, 6.45) is 5.37. The molecular formula is C12H18N2O3S. The fourth-order valence-electron chi connectivity index (χ4n) is 1.89. The summed E-state index contributed by atoms with van der Waals surface area (Å²) in [5.74, 6) is 0.0872. The van der Waals surface area contributed by atoms with Gasteiger partial charge in [0.15, 0.2) is 9.84 Å². The van der Waals surface area contributed by atoms with Gasteiger partial charge in [-0.25, -0.2) is 8.42 Å². The van der Waals surface area contributed by atoms with Crippen molar-refractivity contribution in [3.63, 3.8) is 0 Å². The molecule has 1 atom stereocenters. The van der Waals surface area contributed by atoms with Crippen LogP contribution in [0.5, 0.6) is 0 Å². The predicted octanol–water partition coefficient (Wildman–Crippen LogP) is 1.47. The monoisotopic (exact) mass is 270 g/mol. The molecule has 18 heavy (non-hydrogen) atoms. The van der Waals surface area contributed by atoms with E-state index in [0.717, 1.165) is 25.1 Å². The van der Waals surface area contributed by atoms with Gasteiger partial charge in [-0.2, -0.15) is 0 Å². The van der Waals surface area contributed by atoms with E-state index in [0.29, 0.717) is 6.54 Å². The molecule has 0 saturated carbocycles. The standard InChI is InChI=1S/C12H18N2O3S/c1-2-18(15,16)12-6-10(7-13-9-12)14-8-11-4-3-5-17-11/h6-7,9,11,14H,2-5,8H2,1H3. The average molecular weight is 270 g/mol. The Morgan fingerprint density at radius 2 is 2.33 bits per heavy atom. The van der Waals surface area contributed by atoms with Gasteiger partial charge in [0, 0.05) is 19.3 Å². The lowest BCUT2D eigenvalue weighted by molar-refractivity contribution is 0.120. The number of sulfone groups is 1. The molecule has 0 radical (unpaired) electrons. The van der Waals surface area contributed by atoms with Crippen molar-refractivity contribution < 1.29 is 13.2 Å². The first-order chi connectivity index (χ1) is 8.62. The largest absolute Gasteiger partial charge is 0.381 e. The maximum absolute atomic E-state index is 11.7. The molecule has 1 unspecified atom stereocenters. The summed E-state index contributed by atoms with van der Waals surface area (Å²) in [6, 6.07) is 1.63. The van der Waals surface area contributed by atoms with E-state index >= 15 is 0 Å². The second-order valence-corrected chi connectivity index (χ2v) is 6.61. The van der Waals surface area contributed by atoms with E-state index in [2.05, 4.69) is 10.3 Å². The minimum Gasteiger partial charge on any atom is -0.381 e. The Hall–Kier alpha value is -1.14. The SMILES string of the molecule is CCS(=O)(=O)c1cncc(NCC2CCCO2)c1. The van der Waals surface area contributed by atoms with Gasteiger partial charge in [-0.15, -0.1) is 0 Å². The van der Waals surface area contributed by atoms with Crippen molar-refractivity contribution in [2.45, 2.75) is 30.8 Å². The number of pyridine rings is 1. The molecule has 1 fully saturated rings. The van der Waals surface area contributed by atoms with Crippen molar-refractivity contribution in [1.82, 2.24) is 4.98 Å². The summed E-state index contributed by atoms with van der Waals surface area (Å²) in [7, 11) is -3.19. The van der Waals surface area contributed by atoms with Gasteiger partial charge in [-0.1, -0.05) is 6.92 Å². The number of ether oxygens (including phenoxy) is 1. The molecule has 1 aliphatic heterocycles. The third-order valence-corrected chi connectivity index (χ3v) is 4.71. The minimum absolute atomic E-state index is 0.0872.